The minimum Gasteiger partial charge on any atom is -0.369 e. The number of primary amides is 1. The van der Waals surface area contributed by atoms with Crippen molar-refractivity contribution in [2.24, 2.45) is 5.73 Å². The Morgan fingerprint density at radius 2 is 2.18 bits per heavy atom. The summed E-state index contributed by atoms with van der Waals surface area (Å²) < 4.78 is 13.6. The smallest absolute Gasteiger partial charge is 0.231 e. The molecule has 1 aromatic rings. The van der Waals surface area contributed by atoms with E-state index >= 15 is 0 Å². The molecule has 0 aliphatic heterocycles. The van der Waals surface area contributed by atoms with Crippen LogP contribution in [0.25, 0.3) is 0 Å². The van der Waals surface area contributed by atoms with E-state index in [2.05, 4.69) is 15.9 Å². The molecule has 17 heavy (non-hydrogen) atoms. The van der Waals surface area contributed by atoms with Crippen molar-refractivity contribution in [3.8, 4) is 0 Å². The summed E-state index contributed by atoms with van der Waals surface area (Å²) in [5.74, 6) is -0.649. The van der Waals surface area contributed by atoms with E-state index in [0.717, 1.165) is 5.56 Å². The van der Waals surface area contributed by atoms with Gasteiger partial charge in [0.1, 0.15) is 5.82 Å². The third-order valence-electron chi connectivity index (χ3n) is 2.48. The first-order valence-electron chi connectivity index (χ1n) is 5.36. The molecule has 0 aliphatic carbocycles. The fourth-order valence-corrected chi connectivity index (χ4v) is 1.97. The van der Waals surface area contributed by atoms with Crippen molar-refractivity contribution in [1.82, 2.24) is 4.90 Å². The average Bonchev–Trinajstić information content (AvgIpc) is 2.19. The van der Waals surface area contributed by atoms with Crippen LogP contribution in [0.15, 0.2) is 22.7 Å². The normalized spacial score (nSPS) is 11.2. The predicted octanol–water partition coefficient (Wildman–Crippen LogP) is 2.28. The fraction of sp³-hybridized carbons (Fsp3) is 0.417. The van der Waals surface area contributed by atoms with Gasteiger partial charge in [-0.2, -0.15) is 0 Å². The largest absolute Gasteiger partial charge is 0.369 e. The van der Waals surface area contributed by atoms with Crippen molar-refractivity contribution in [1.29, 1.82) is 0 Å². The lowest BCUT2D eigenvalue weighted by molar-refractivity contribution is -0.119. The molecule has 94 valence electrons. The lowest BCUT2D eigenvalue weighted by Crippen LogP contribution is -2.38. The molecule has 0 atom stereocenters. The number of carbonyl (C=O) groups is 1. The van der Waals surface area contributed by atoms with Crippen molar-refractivity contribution >= 4 is 21.8 Å². The van der Waals surface area contributed by atoms with Crippen LogP contribution in [0.2, 0.25) is 0 Å². The van der Waals surface area contributed by atoms with Crippen LogP contribution in [0.5, 0.6) is 0 Å². The SMILES string of the molecule is CC(C)N(CC(N)=O)Cc1ccc(F)cc1Br. The molecule has 5 heteroatoms. The van der Waals surface area contributed by atoms with Gasteiger partial charge in [0.05, 0.1) is 6.54 Å². The van der Waals surface area contributed by atoms with Crippen molar-refractivity contribution in [3.63, 3.8) is 0 Å². The number of carbonyl (C=O) groups excluding carboxylic acids is 1. The molecule has 0 radical (unpaired) electrons. The fourth-order valence-electron chi connectivity index (χ4n) is 1.49. The monoisotopic (exact) mass is 302 g/mol. The van der Waals surface area contributed by atoms with Crippen LogP contribution in [-0.2, 0) is 11.3 Å². The standard InChI is InChI=1S/C12H16BrFN2O/c1-8(2)16(7-12(15)17)6-9-3-4-10(14)5-11(9)13/h3-5,8H,6-7H2,1-2H3,(H2,15,17). The molecule has 0 aliphatic rings. The lowest BCUT2D eigenvalue weighted by Gasteiger charge is -2.25. The molecule has 0 saturated carbocycles. The van der Waals surface area contributed by atoms with Crippen molar-refractivity contribution in [2.75, 3.05) is 6.54 Å². The number of halogens is 2. The van der Waals surface area contributed by atoms with Gasteiger partial charge in [-0.25, -0.2) is 4.39 Å². The molecule has 1 aromatic carbocycles. The zero-order valence-electron chi connectivity index (χ0n) is 9.91. The summed E-state index contributed by atoms with van der Waals surface area (Å²) in [6.07, 6.45) is 0. The van der Waals surface area contributed by atoms with Crippen LogP contribution in [0, 0.1) is 5.82 Å². The number of rotatable bonds is 5. The molecule has 0 bridgehead atoms. The molecule has 1 rings (SSSR count). The molecule has 0 aromatic heterocycles. The summed E-state index contributed by atoms with van der Waals surface area (Å²) in [5, 5.41) is 0. The second-order valence-electron chi connectivity index (χ2n) is 4.20. The Bertz CT molecular complexity index is 409. The minimum absolute atomic E-state index is 0.194. The molecule has 0 spiro atoms. The zero-order chi connectivity index (χ0) is 13.0. The second-order valence-corrected chi connectivity index (χ2v) is 5.06. The highest BCUT2D eigenvalue weighted by Gasteiger charge is 2.14. The Morgan fingerprint density at radius 1 is 1.53 bits per heavy atom. The van der Waals surface area contributed by atoms with E-state index in [4.69, 9.17) is 5.73 Å². The quantitative estimate of drug-likeness (QED) is 0.907. The van der Waals surface area contributed by atoms with Gasteiger partial charge in [-0.3, -0.25) is 9.69 Å². The summed E-state index contributed by atoms with van der Waals surface area (Å²) in [4.78, 5) is 12.9. The van der Waals surface area contributed by atoms with Crippen LogP contribution in [0.1, 0.15) is 19.4 Å². The first-order chi connectivity index (χ1) is 7.90. The number of nitrogens with two attached hydrogens (primary N) is 1. The predicted molar refractivity (Wildman–Crippen MR) is 68.8 cm³/mol. The van der Waals surface area contributed by atoms with E-state index in [1.807, 2.05) is 18.7 Å². The number of hydrogen-bond donors (Lipinski definition) is 1. The molecule has 3 nitrogen and oxygen atoms in total. The summed E-state index contributed by atoms with van der Waals surface area (Å²) in [6.45, 7) is 4.73. The molecular weight excluding hydrogens is 287 g/mol. The lowest BCUT2D eigenvalue weighted by atomic mass is 10.2. The van der Waals surface area contributed by atoms with Gasteiger partial charge in [0.15, 0.2) is 0 Å². The van der Waals surface area contributed by atoms with Crippen molar-refractivity contribution in [2.45, 2.75) is 26.4 Å². The van der Waals surface area contributed by atoms with Crippen molar-refractivity contribution in [3.05, 3.63) is 34.1 Å². The average molecular weight is 303 g/mol. The molecule has 2 N–H and O–H groups in total. The highest BCUT2D eigenvalue weighted by atomic mass is 79.9. The summed E-state index contributed by atoms with van der Waals surface area (Å²) >= 11 is 3.31. The molecule has 1 amide bonds. The summed E-state index contributed by atoms with van der Waals surface area (Å²) in [7, 11) is 0. The Balaban J connectivity index is 2.82. The van der Waals surface area contributed by atoms with Crippen LogP contribution in [0.3, 0.4) is 0 Å². The van der Waals surface area contributed by atoms with Gasteiger partial charge in [-0.15, -0.1) is 0 Å². The molecule has 0 heterocycles. The van der Waals surface area contributed by atoms with E-state index in [1.54, 1.807) is 6.07 Å². The van der Waals surface area contributed by atoms with E-state index in [9.17, 15) is 9.18 Å². The van der Waals surface area contributed by atoms with Gasteiger partial charge in [-0.05, 0) is 31.5 Å². The zero-order valence-corrected chi connectivity index (χ0v) is 11.5. The topological polar surface area (TPSA) is 46.3 Å². The Kier molecular flexibility index (Phi) is 5.08. The van der Waals surface area contributed by atoms with Gasteiger partial charge in [0.25, 0.3) is 0 Å². The number of amides is 1. The van der Waals surface area contributed by atoms with Gasteiger partial charge < -0.3 is 5.73 Å². The Morgan fingerprint density at radius 3 is 2.65 bits per heavy atom. The molecule has 0 fully saturated rings. The third kappa shape index (κ3) is 4.44. The summed E-state index contributed by atoms with van der Waals surface area (Å²) in [5.41, 5.74) is 6.13. The number of hydrogen-bond acceptors (Lipinski definition) is 2. The van der Waals surface area contributed by atoms with Gasteiger partial charge >= 0.3 is 0 Å². The Labute approximate surface area is 109 Å². The maximum Gasteiger partial charge on any atom is 0.231 e. The van der Waals surface area contributed by atoms with Crippen LogP contribution in [0.4, 0.5) is 4.39 Å². The highest BCUT2D eigenvalue weighted by molar-refractivity contribution is 9.10. The van der Waals surface area contributed by atoms with Gasteiger partial charge in [-0.1, -0.05) is 22.0 Å². The van der Waals surface area contributed by atoms with Crippen LogP contribution >= 0.6 is 15.9 Å². The van der Waals surface area contributed by atoms with Gasteiger partial charge in [0, 0.05) is 17.1 Å². The van der Waals surface area contributed by atoms with Crippen molar-refractivity contribution < 1.29 is 9.18 Å². The van der Waals surface area contributed by atoms with E-state index in [1.165, 1.54) is 12.1 Å². The summed E-state index contributed by atoms with van der Waals surface area (Å²) in [6, 6.07) is 4.72. The first kappa shape index (κ1) is 14.1. The maximum atomic E-state index is 12.9. The van der Waals surface area contributed by atoms with Gasteiger partial charge in [0.2, 0.25) is 5.91 Å². The highest BCUT2D eigenvalue weighted by Crippen LogP contribution is 2.20. The first-order valence-corrected chi connectivity index (χ1v) is 6.15. The Hall–Kier alpha value is -0.940. The third-order valence-corrected chi connectivity index (χ3v) is 3.22. The van der Waals surface area contributed by atoms with E-state index < -0.39 is 0 Å². The van der Waals surface area contributed by atoms with E-state index in [-0.39, 0.29) is 24.3 Å². The molecule has 0 unspecified atom stereocenters. The second kappa shape index (κ2) is 6.12. The molecule has 0 saturated heterocycles. The van der Waals surface area contributed by atoms with Crippen LogP contribution in [-0.4, -0.2) is 23.4 Å². The minimum atomic E-state index is -0.364. The number of nitrogens with zero attached hydrogens (tertiary/aromatic N) is 1. The van der Waals surface area contributed by atoms with Crippen LogP contribution < -0.4 is 5.73 Å². The van der Waals surface area contributed by atoms with E-state index in [0.29, 0.717) is 11.0 Å². The maximum absolute atomic E-state index is 12.9. The number of benzene rings is 1. The molecular formula is C12H16BrFN2O.